The zero-order chi connectivity index (χ0) is 17.4. The van der Waals surface area contributed by atoms with E-state index in [1.165, 1.54) is 0 Å². The Labute approximate surface area is 144 Å². The maximum absolute atomic E-state index is 10.5. The van der Waals surface area contributed by atoms with Gasteiger partial charge in [0.05, 0.1) is 24.6 Å². The Morgan fingerprint density at radius 3 is 2.76 bits per heavy atom. The maximum Gasteiger partial charge on any atom is 0.139 e. The van der Waals surface area contributed by atoms with Crippen LogP contribution in [0.2, 0.25) is 0 Å². The average Bonchev–Trinajstić information content (AvgIpc) is 3.27. The van der Waals surface area contributed by atoms with E-state index in [-0.39, 0.29) is 5.75 Å². The van der Waals surface area contributed by atoms with Crippen LogP contribution in [0.15, 0.2) is 53.1 Å². The minimum atomic E-state index is 0.135. The molecule has 2 aromatic heterocycles. The van der Waals surface area contributed by atoms with Crippen LogP contribution in [0, 0.1) is 0 Å². The Morgan fingerprint density at radius 1 is 1.16 bits per heavy atom. The van der Waals surface area contributed by atoms with Gasteiger partial charge in [-0.3, -0.25) is 5.10 Å². The molecule has 4 aromatic rings. The van der Waals surface area contributed by atoms with Gasteiger partial charge in [0.25, 0.3) is 0 Å². The van der Waals surface area contributed by atoms with E-state index in [1.54, 1.807) is 19.4 Å². The molecule has 25 heavy (non-hydrogen) atoms. The third-order valence-corrected chi connectivity index (χ3v) is 4.38. The SMILES string of the molecule is CCc1cc(-c2[nH]ncc2-c2cc3ccccc3o2)c(O)cc1OC. The van der Waals surface area contributed by atoms with Crippen LogP contribution in [-0.4, -0.2) is 22.4 Å². The van der Waals surface area contributed by atoms with E-state index >= 15 is 0 Å². The highest BCUT2D eigenvalue weighted by Gasteiger charge is 2.18. The fourth-order valence-electron chi connectivity index (χ4n) is 3.07. The zero-order valence-corrected chi connectivity index (χ0v) is 14.0. The van der Waals surface area contributed by atoms with Crippen LogP contribution in [0.4, 0.5) is 0 Å². The Kier molecular flexibility index (Phi) is 3.69. The smallest absolute Gasteiger partial charge is 0.139 e. The fourth-order valence-corrected chi connectivity index (χ4v) is 3.07. The number of methoxy groups -OCH3 is 1. The lowest BCUT2D eigenvalue weighted by Gasteiger charge is -2.11. The summed E-state index contributed by atoms with van der Waals surface area (Å²) in [6, 6.07) is 13.4. The lowest BCUT2D eigenvalue weighted by molar-refractivity contribution is 0.403. The molecule has 0 atom stereocenters. The molecule has 0 unspecified atom stereocenters. The lowest BCUT2D eigenvalue weighted by atomic mass is 10.0. The van der Waals surface area contributed by atoms with Crippen LogP contribution in [-0.2, 0) is 6.42 Å². The van der Waals surface area contributed by atoms with Crippen molar-refractivity contribution < 1.29 is 14.3 Å². The first kappa shape index (κ1) is 15.3. The first-order valence-corrected chi connectivity index (χ1v) is 8.13. The molecule has 0 saturated heterocycles. The number of phenolic OH excluding ortho intramolecular Hbond substituents is 1. The summed E-state index contributed by atoms with van der Waals surface area (Å²) in [4.78, 5) is 0. The number of para-hydroxylation sites is 1. The van der Waals surface area contributed by atoms with Gasteiger partial charge >= 0.3 is 0 Å². The number of H-pyrrole nitrogens is 1. The summed E-state index contributed by atoms with van der Waals surface area (Å²) in [6.07, 6.45) is 2.51. The Balaban J connectivity index is 1.87. The summed E-state index contributed by atoms with van der Waals surface area (Å²) in [5, 5.41) is 18.6. The molecule has 4 rings (SSSR count). The summed E-state index contributed by atoms with van der Waals surface area (Å²) in [5.74, 6) is 1.52. The van der Waals surface area contributed by atoms with Crippen molar-refractivity contribution in [1.82, 2.24) is 10.2 Å². The second-order valence-electron chi connectivity index (χ2n) is 5.84. The monoisotopic (exact) mass is 334 g/mol. The second-order valence-corrected chi connectivity index (χ2v) is 5.84. The van der Waals surface area contributed by atoms with E-state index in [4.69, 9.17) is 9.15 Å². The summed E-state index contributed by atoms with van der Waals surface area (Å²) >= 11 is 0. The lowest BCUT2D eigenvalue weighted by Crippen LogP contribution is -1.93. The van der Waals surface area contributed by atoms with E-state index in [0.717, 1.165) is 28.5 Å². The van der Waals surface area contributed by atoms with Gasteiger partial charge in [-0.2, -0.15) is 5.10 Å². The number of aryl methyl sites for hydroxylation is 1. The molecular weight excluding hydrogens is 316 g/mol. The number of nitrogens with zero attached hydrogens (tertiary/aromatic N) is 1. The number of hydrogen-bond acceptors (Lipinski definition) is 4. The van der Waals surface area contributed by atoms with Gasteiger partial charge in [0, 0.05) is 17.0 Å². The number of hydrogen-bond donors (Lipinski definition) is 2. The van der Waals surface area contributed by atoms with E-state index in [9.17, 15) is 5.11 Å². The number of phenols is 1. The van der Waals surface area contributed by atoms with Gasteiger partial charge < -0.3 is 14.3 Å². The number of fused-ring (bicyclic) bond motifs is 1. The van der Waals surface area contributed by atoms with Crippen molar-refractivity contribution in [2.24, 2.45) is 0 Å². The minimum absolute atomic E-state index is 0.135. The van der Waals surface area contributed by atoms with Crippen LogP contribution >= 0.6 is 0 Å². The molecule has 0 amide bonds. The normalized spacial score (nSPS) is 11.1. The zero-order valence-electron chi connectivity index (χ0n) is 14.0. The van der Waals surface area contributed by atoms with Gasteiger partial charge in [-0.15, -0.1) is 0 Å². The second kappa shape index (κ2) is 6.02. The molecule has 0 spiro atoms. The van der Waals surface area contributed by atoms with Crippen molar-refractivity contribution in [3.8, 4) is 34.1 Å². The molecule has 0 aliphatic carbocycles. The first-order chi connectivity index (χ1) is 12.2. The van der Waals surface area contributed by atoms with Gasteiger partial charge in [-0.05, 0) is 30.2 Å². The van der Waals surface area contributed by atoms with E-state index in [1.807, 2.05) is 43.3 Å². The van der Waals surface area contributed by atoms with Gasteiger partial charge in [-0.1, -0.05) is 25.1 Å². The molecule has 0 fully saturated rings. The number of rotatable bonds is 4. The highest BCUT2D eigenvalue weighted by atomic mass is 16.5. The molecule has 5 heteroatoms. The van der Waals surface area contributed by atoms with E-state index in [2.05, 4.69) is 10.2 Å². The summed E-state index contributed by atoms with van der Waals surface area (Å²) < 4.78 is 11.3. The third-order valence-electron chi connectivity index (χ3n) is 4.38. The topological polar surface area (TPSA) is 71.3 Å². The number of furan rings is 1. The molecule has 0 saturated carbocycles. The number of ether oxygens (including phenoxy) is 1. The molecular formula is C20H18N2O3. The molecule has 2 heterocycles. The molecule has 0 aliphatic rings. The minimum Gasteiger partial charge on any atom is -0.507 e. The van der Waals surface area contributed by atoms with Crippen LogP contribution in [0.1, 0.15) is 12.5 Å². The molecule has 0 radical (unpaired) electrons. The molecule has 2 aromatic carbocycles. The van der Waals surface area contributed by atoms with Gasteiger partial charge in [0.1, 0.15) is 22.8 Å². The number of benzene rings is 2. The Hall–Kier alpha value is -3.21. The number of aromatic nitrogens is 2. The quantitative estimate of drug-likeness (QED) is 0.564. The van der Waals surface area contributed by atoms with Crippen molar-refractivity contribution >= 4 is 11.0 Å². The first-order valence-electron chi connectivity index (χ1n) is 8.13. The van der Waals surface area contributed by atoms with Gasteiger partial charge in [0.15, 0.2) is 0 Å². The highest BCUT2D eigenvalue weighted by molar-refractivity contribution is 5.88. The van der Waals surface area contributed by atoms with E-state index in [0.29, 0.717) is 22.8 Å². The fraction of sp³-hybridized carbons (Fsp3) is 0.150. The maximum atomic E-state index is 10.5. The van der Waals surface area contributed by atoms with Gasteiger partial charge in [-0.25, -0.2) is 0 Å². The standard InChI is InChI=1S/C20H18N2O3/c1-3-12-8-14(16(23)10-18(12)24-2)20-15(11-21-22-20)19-9-13-6-4-5-7-17(13)25-19/h4-11,23H,3H2,1-2H3,(H,21,22). The van der Waals surface area contributed by atoms with Crippen LogP contribution in [0.25, 0.3) is 33.6 Å². The Bertz CT molecular complexity index is 1010. The molecule has 0 bridgehead atoms. The number of aromatic amines is 1. The predicted octanol–water partition coefficient (Wildman–Crippen LogP) is 4.77. The van der Waals surface area contributed by atoms with Crippen molar-refractivity contribution in [3.05, 3.63) is 54.2 Å². The van der Waals surface area contributed by atoms with Crippen LogP contribution in [0.5, 0.6) is 11.5 Å². The summed E-state index contributed by atoms with van der Waals surface area (Å²) in [5.41, 5.74) is 4.02. The predicted molar refractivity (Wildman–Crippen MR) is 96.8 cm³/mol. The van der Waals surface area contributed by atoms with Crippen molar-refractivity contribution in [3.63, 3.8) is 0 Å². The largest absolute Gasteiger partial charge is 0.507 e. The van der Waals surface area contributed by atoms with Crippen molar-refractivity contribution in [2.75, 3.05) is 7.11 Å². The van der Waals surface area contributed by atoms with E-state index < -0.39 is 0 Å². The van der Waals surface area contributed by atoms with Crippen molar-refractivity contribution in [2.45, 2.75) is 13.3 Å². The molecule has 2 N–H and O–H groups in total. The Morgan fingerprint density at radius 2 is 2.00 bits per heavy atom. The average molecular weight is 334 g/mol. The molecule has 126 valence electrons. The summed E-state index contributed by atoms with van der Waals surface area (Å²) in [7, 11) is 1.60. The van der Waals surface area contributed by atoms with Crippen LogP contribution in [0.3, 0.4) is 0 Å². The van der Waals surface area contributed by atoms with Crippen LogP contribution < -0.4 is 4.74 Å². The summed E-state index contributed by atoms with van der Waals surface area (Å²) in [6.45, 7) is 2.05. The third kappa shape index (κ3) is 2.54. The number of aromatic hydroxyl groups is 1. The molecule has 0 aliphatic heterocycles. The number of nitrogens with one attached hydrogen (secondary N) is 1. The molecule has 5 nitrogen and oxygen atoms in total. The van der Waals surface area contributed by atoms with Crippen molar-refractivity contribution in [1.29, 1.82) is 0 Å². The van der Waals surface area contributed by atoms with Gasteiger partial charge in [0.2, 0.25) is 0 Å². The highest BCUT2D eigenvalue weighted by Crippen LogP contribution is 2.40.